The molecule has 16 heavy (non-hydrogen) atoms. The van der Waals surface area contributed by atoms with Crippen LogP contribution in [-0.2, 0) is 6.54 Å². The van der Waals surface area contributed by atoms with E-state index in [2.05, 4.69) is 14.8 Å². The number of halogens is 2. The predicted octanol–water partition coefficient (Wildman–Crippen LogP) is 2.36. The molecular formula is C9H8ClFN4S. The molecular weight excluding hydrogens is 251 g/mol. The maximum Gasteiger partial charge on any atom is 0.227 e. The van der Waals surface area contributed by atoms with Gasteiger partial charge in [0.05, 0.1) is 0 Å². The van der Waals surface area contributed by atoms with Crippen molar-refractivity contribution < 1.29 is 4.39 Å². The van der Waals surface area contributed by atoms with Crippen LogP contribution in [0, 0.1) is 5.82 Å². The second kappa shape index (κ2) is 4.71. The number of hydrogen-bond acceptors (Lipinski definition) is 5. The lowest BCUT2D eigenvalue weighted by molar-refractivity contribution is 0.607. The van der Waals surface area contributed by atoms with Crippen LogP contribution in [0.1, 0.15) is 5.56 Å². The van der Waals surface area contributed by atoms with Crippen LogP contribution in [0.4, 0.5) is 9.52 Å². The maximum absolute atomic E-state index is 13.4. The number of hydrogen-bond donors (Lipinski definition) is 0. The van der Waals surface area contributed by atoms with E-state index in [-0.39, 0.29) is 5.82 Å². The Morgan fingerprint density at radius 1 is 1.50 bits per heavy atom. The fourth-order valence-corrected chi connectivity index (χ4v) is 1.88. The second-order valence-corrected chi connectivity index (χ2v) is 4.38. The molecule has 2 aromatic rings. The Hall–Kier alpha value is -1.27. The minimum atomic E-state index is -0.284. The quantitative estimate of drug-likeness (QED) is 0.848. The van der Waals surface area contributed by atoms with Crippen molar-refractivity contribution in [2.45, 2.75) is 6.54 Å². The van der Waals surface area contributed by atoms with Gasteiger partial charge in [-0.1, -0.05) is 21.2 Å². The van der Waals surface area contributed by atoms with Crippen molar-refractivity contribution in [3.05, 3.63) is 34.6 Å². The van der Waals surface area contributed by atoms with Gasteiger partial charge in [0.15, 0.2) is 0 Å². The highest BCUT2D eigenvalue weighted by atomic mass is 35.5. The summed E-state index contributed by atoms with van der Waals surface area (Å²) in [5.74, 6) is -0.284. The number of benzene rings is 1. The van der Waals surface area contributed by atoms with Gasteiger partial charge in [-0.2, -0.15) is 0 Å². The van der Waals surface area contributed by atoms with Crippen LogP contribution in [0.15, 0.2) is 18.2 Å². The lowest BCUT2D eigenvalue weighted by Crippen LogP contribution is -2.17. The van der Waals surface area contributed by atoms with Crippen LogP contribution in [0.2, 0.25) is 5.02 Å². The van der Waals surface area contributed by atoms with Gasteiger partial charge in [0.2, 0.25) is 5.13 Å². The van der Waals surface area contributed by atoms with Crippen molar-refractivity contribution in [3.8, 4) is 0 Å². The molecule has 0 aliphatic rings. The molecule has 7 heteroatoms. The zero-order chi connectivity index (χ0) is 11.5. The minimum Gasteiger partial charge on any atom is -0.344 e. The molecule has 0 aliphatic carbocycles. The lowest BCUT2D eigenvalue weighted by atomic mass is 10.2. The smallest absolute Gasteiger partial charge is 0.227 e. The molecule has 1 heterocycles. The van der Waals surface area contributed by atoms with Crippen LogP contribution >= 0.6 is 23.1 Å². The van der Waals surface area contributed by atoms with E-state index in [0.717, 1.165) is 11.5 Å². The van der Waals surface area contributed by atoms with Crippen LogP contribution in [0.5, 0.6) is 0 Å². The van der Waals surface area contributed by atoms with Crippen molar-refractivity contribution in [1.29, 1.82) is 0 Å². The molecule has 0 atom stereocenters. The van der Waals surface area contributed by atoms with Crippen LogP contribution in [-0.4, -0.2) is 21.8 Å². The van der Waals surface area contributed by atoms with E-state index in [9.17, 15) is 4.39 Å². The van der Waals surface area contributed by atoms with E-state index in [1.54, 1.807) is 18.0 Å². The average Bonchev–Trinajstić information content (AvgIpc) is 2.76. The first-order valence-electron chi connectivity index (χ1n) is 4.47. The van der Waals surface area contributed by atoms with Crippen LogP contribution in [0.25, 0.3) is 0 Å². The molecule has 1 aromatic heterocycles. The van der Waals surface area contributed by atoms with Gasteiger partial charge in [0.25, 0.3) is 0 Å². The van der Waals surface area contributed by atoms with E-state index in [1.165, 1.54) is 12.1 Å². The highest BCUT2D eigenvalue weighted by Crippen LogP contribution is 2.19. The molecule has 0 fully saturated rings. The SMILES string of the molecule is CN(Cc1cc(Cl)ccc1F)c1nnns1. The Balaban J connectivity index is 2.17. The summed E-state index contributed by atoms with van der Waals surface area (Å²) in [5, 5.41) is 8.43. The molecule has 0 spiro atoms. The molecule has 0 amide bonds. The number of nitrogens with zero attached hydrogens (tertiary/aromatic N) is 4. The molecule has 0 aliphatic heterocycles. The van der Waals surface area contributed by atoms with Gasteiger partial charge in [-0.15, -0.1) is 0 Å². The lowest BCUT2D eigenvalue weighted by Gasteiger charge is -2.14. The molecule has 2 rings (SSSR count). The predicted molar refractivity (Wildman–Crippen MR) is 61.2 cm³/mol. The summed E-state index contributed by atoms with van der Waals surface area (Å²) >= 11 is 6.96. The Morgan fingerprint density at radius 3 is 3.00 bits per heavy atom. The highest BCUT2D eigenvalue weighted by molar-refractivity contribution is 7.09. The Kier molecular flexibility index (Phi) is 3.31. The standard InChI is InChI=1S/C9H8ClFN4S/c1-15(9-12-13-14-16-9)5-6-4-7(10)2-3-8(6)11/h2-4H,5H2,1H3. The third-order valence-corrected chi connectivity index (χ3v) is 2.98. The number of aromatic nitrogens is 3. The van der Waals surface area contributed by atoms with E-state index in [0.29, 0.717) is 22.3 Å². The van der Waals surface area contributed by atoms with Gasteiger partial charge in [-0.3, -0.25) is 0 Å². The summed E-state index contributed by atoms with van der Waals surface area (Å²) in [7, 11) is 1.79. The average molecular weight is 259 g/mol. The first kappa shape index (κ1) is 11.2. The van der Waals surface area contributed by atoms with Gasteiger partial charge in [-0.25, -0.2) is 4.39 Å². The maximum atomic E-state index is 13.4. The largest absolute Gasteiger partial charge is 0.344 e. The zero-order valence-electron chi connectivity index (χ0n) is 8.39. The van der Waals surface area contributed by atoms with Crippen molar-refractivity contribution in [2.24, 2.45) is 0 Å². The molecule has 1 aromatic carbocycles. The summed E-state index contributed by atoms with van der Waals surface area (Å²) in [6.07, 6.45) is 0. The first-order valence-corrected chi connectivity index (χ1v) is 5.62. The molecule has 0 bridgehead atoms. The van der Waals surface area contributed by atoms with Crippen molar-refractivity contribution in [3.63, 3.8) is 0 Å². The number of anilines is 1. The Bertz CT molecular complexity index is 476. The van der Waals surface area contributed by atoms with E-state index >= 15 is 0 Å². The third kappa shape index (κ3) is 2.45. The fourth-order valence-electron chi connectivity index (χ4n) is 1.26. The summed E-state index contributed by atoms with van der Waals surface area (Å²) < 4.78 is 17.1. The van der Waals surface area contributed by atoms with E-state index < -0.39 is 0 Å². The summed E-state index contributed by atoms with van der Waals surface area (Å²) in [4.78, 5) is 1.76. The zero-order valence-corrected chi connectivity index (χ0v) is 9.96. The van der Waals surface area contributed by atoms with Crippen LogP contribution < -0.4 is 4.90 Å². The van der Waals surface area contributed by atoms with Gasteiger partial charge in [-0.05, 0) is 23.4 Å². The van der Waals surface area contributed by atoms with Crippen LogP contribution in [0.3, 0.4) is 0 Å². The molecule has 0 unspecified atom stereocenters. The summed E-state index contributed by atoms with van der Waals surface area (Å²) in [5.41, 5.74) is 0.519. The molecule has 0 radical (unpaired) electrons. The topological polar surface area (TPSA) is 41.9 Å². The minimum absolute atomic E-state index is 0.284. The molecule has 84 valence electrons. The third-order valence-electron chi connectivity index (χ3n) is 2.03. The Morgan fingerprint density at radius 2 is 2.31 bits per heavy atom. The van der Waals surface area contributed by atoms with Gasteiger partial charge < -0.3 is 4.90 Å². The second-order valence-electron chi connectivity index (χ2n) is 3.24. The van der Waals surface area contributed by atoms with Crippen molar-refractivity contribution in [2.75, 3.05) is 11.9 Å². The van der Waals surface area contributed by atoms with Gasteiger partial charge >= 0.3 is 0 Å². The van der Waals surface area contributed by atoms with E-state index in [1.807, 2.05) is 0 Å². The highest BCUT2D eigenvalue weighted by Gasteiger charge is 2.09. The normalized spacial score (nSPS) is 10.4. The summed E-state index contributed by atoms with van der Waals surface area (Å²) in [6, 6.07) is 4.47. The van der Waals surface area contributed by atoms with E-state index in [4.69, 9.17) is 11.6 Å². The monoisotopic (exact) mass is 258 g/mol. The van der Waals surface area contributed by atoms with Gasteiger partial charge in [0.1, 0.15) is 5.82 Å². The fraction of sp³-hybridized carbons (Fsp3) is 0.222. The van der Waals surface area contributed by atoms with Gasteiger partial charge in [0, 0.05) is 35.7 Å². The molecule has 4 nitrogen and oxygen atoms in total. The first-order chi connectivity index (χ1) is 7.66. The molecule has 0 saturated carbocycles. The van der Waals surface area contributed by atoms with Crippen molar-refractivity contribution >= 4 is 28.3 Å². The Labute approximate surface area is 101 Å². The number of rotatable bonds is 3. The van der Waals surface area contributed by atoms with Crippen molar-refractivity contribution in [1.82, 2.24) is 14.8 Å². The molecule has 0 saturated heterocycles. The molecule has 0 N–H and O–H groups in total. The summed E-state index contributed by atoms with van der Waals surface area (Å²) in [6.45, 7) is 0.378.